The van der Waals surface area contributed by atoms with Crippen LogP contribution in [0.2, 0.25) is 0 Å². The molecule has 3 aromatic rings. The van der Waals surface area contributed by atoms with Crippen molar-refractivity contribution >= 4 is 34.2 Å². The van der Waals surface area contributed by atoms with Gasteiger partial charge in [0.2, 0.25) is 5.13 Å². The molecule has 30 heavy (non-hydrogen) atoms. The lowest BCUT2D eigenvalue weighted by Gasteiger charge is -2.12. The van der Waals surface area contributed by atoms with E-state index in [0.717, 1.165) is 5.56 Å². The maximum absolute atomic E-state index is 12.4. The Morgan fingerprint density at radius 3 is 2.37 bits per heavy atom. The van der Waals surface area contributed by atoms with Crippen molar-refractivity contribution in [1.82, 2.24) is 15.1 Å². The van der Waals surface area contributed by atoms with Crippen LogP contribution in [-0.2, 0) is 11.2 Å². The van der Waals surface area contributed by atoms with Crippen LogP contribution in [0, 0.1) is 6.92 Å². The van der Waals surface area contributed by atoms with Crippen molar-refractivity contribution in [2.24, 2.45) is 0 Å². The van der Waals surface area contributed by atoms with Gasteiger partial charge in [-0.3, -0.25) is 24.6 Å². The molecule has 0 bridgehead atoms. The molecule has 8 nitrogen and oxygen atoms in total. The Balaban J connectivity index is 1.28. The highest BCUT2D eigenvalue weighted by Crippen LogP contribution is 2.23. The molecule has 2 heterocycles. The van der Waals surface area contributed by atoms with E-state index in [1.54, 1.807) is 36.4 Å². The minimum Gasteiger partial charge on any atom is -0.484 e. The average Bonchev–Trinajstić information content (AvgIpc) is 3.29. The molecule has 152 valence electrons. The lowest BCUT2D eigenvalue weighted by atomic mass is 10.1. The van der Waals surface area contributed by atoms with Crippen LogP contribution in [0.15, 0.2) is 48.5 Å². The molecule has 0 radical (unpaired) electrons. The fourth-order valence-electron chi connectivity index (χ4n) is 2.99. The summed E-state index contributed by atoms with van der Waals surface area (Å²) in [5.41, 5.74) is 1.94. The van der Waals surface area contributed by atoms with Crippen molar-refractivity contribution in [1.29, 1.82) is 0 Å². The molecule has 0 atom stereocenters. The van der Waals surface area contributed by atoms with Crippen LogP contribution in [0.5, 0.6) is 5.75 Å². The molecule has 0 saturated heterocycles. The highest BCUT2D eigenvalue weighted by molar-refractivity contribution is 7.15. The molecule has 3 amide bonds. The van der Waals surface area contributed by atoms with Crippen molar-refractivity contribution in [2.45, 2.75) is 13.3 Å². The Kier molecular flexibility index (Phi) is 5.53. The van der Waals surface area contributed by atoms with Crippen LogP contribution in [0.25, 0.3) is 0 Å². The smallest absolute Gasteiger partial charge is 0.264 e. The molecule has 0 aliphatic carbocycles. The second-order valence-electron chi connectivity index (χ2n) is 6.71. The first kappa shape index (κ1) is 19.7. The zero-order valence-electron chi connectivity index (χ0n) is 16.1. The van der Waals surface area contributed by atoms with E-state index in [0.29, 0.717) is 33.4 Å². The number of aromatic nitrogens is 2. The lowest BCUT2D eigenvalue weighted by molar-refractivity contribution is -0.118. The number of carbonyl (C=O) groups is 3. The number of hydrogen-bond acceptors (Lipinski definition) is 7. The van der Waals surface area contributed by atoms with Gasteiger partial charge in [-0.25, -0.2) is 0 Å². The Hall–Kier alpha value is -3.59. The fraction of sp³-hybridized carbons (Fsp3) is 0.190. The first-order valence-corrected chi connectivity index (χ1v) is 10.1. The molecule has 2 aromatic carbocycles. The summed E-state index contributed by atoms with van der Waals surface area (Å²) in [4.78, 5) is 38.0. The molecular weight excluding hydrogens is 404 g/mol. The maximum Gasteiger partial charge on any atom is 0.264 e. The van der Waals surface area contributed by atoms with Crippen molar-refractivity contribution in [2.75, 3.05) is 18.5 Å². The molecule has 1 N–H and O–H groups in total. The third-order valence-corrected chi connectivity index (χ3v) is 5.43. The van der Waals surface area contributed by atoms with Gasteiger partial charge in [0.25, 0.3) is 17.7 Å². The van der Waals surface area contributed by atoms with Crippen molar-refractivity contribution in [3.05, 3.63) is 70.2 Å². The lowest BCUT2D eigenvalue weighted by Crippen LogP contribution is -2.31. The molecule has 1 aromatic heterocycles. The third-order valence-electron chi connectivity index (χ3n) is 4.53. The molecule has 1 aliphatic rings. The predicted molar refractivity (Wildman–Crippen MR) is 111 cm³/mol. The number of carbonyl (C=O) groups excluding carboxylic acids is 3. The first-order valence-electron chi connectivity index (χ1n) is 9.28. The minimum absolute atomic E-state index is 0.146. The Bertz CT molecular complexity index is 1080. The zero-order valence-corrected chi connectivity index (χ0v) is 16.9. The largest absolute Gasteiger partial charge is 0.484 e. The second kappa shape index (κ2) is 8.42. The number of fused-ring (bicyclic) bond motifs is 1. The molecular formula is C21H18N4O4S. The molecule has 0 spiro atoms. The van der Waals surface area contributed by atoms with Crippen LogP contribution in [0.4, 0.5) is 5.13 Å². The van der Waals surface area contributed by atoms with E-state index in [9.17, 15) is 14.4 Å². The van der Waals surface area contributed by atoms with Gasteiger partial charge in [-0.2, -0.15) is 0 Å². The quantitative estimate of drug-likeness (QED) is 0.588. The van der Waals surface area contributed by atoms with E-state index in [2.05, 4.69) is 15.5 Å². The topological polar surface area (TPSA) is 101 Å². The Labute approximate surface area is 176 Å². The second-order valence-corrected chi connectivity index (χ2v) is 7.77. The van der Waals surface area contributed by atoms with E-state index < -0.39 is 0 Å². The van der Waals surface area contributed by atoms with E-state index in [1.165, 1.54) is 16.2 Å². The average molecular weight is 422 g/mol. The van der Waals surface area contributed by atoms with Gasteiger partial charge in [-0.1, -0.05) is 41.2 Å². The number of amides is 3. The number of hydrogen-bond donors (Lipinski definition) is 1. The normalized spacial score (nSPS) is 12.8. The molecule has 1 aliphatic heterocycles. The predicted octanol–water partition coefficient (Wildman–Crippen LogP) is 2.70. The number of ether oxygens (including phenoxy) is 1. The number of nitrogens with one attached hydrogen (secondary N) is 1. The minimum atomic E-state index is -0.348. The SMILES string of the molecule is Cc1ccc(OCC(=O)Nc2nnc(CCN3C(=O)c4ccccc4C3=O)s2)cc1. The fourth-order valence-corrected chi connectivity index (χ4v) is 3.74. The van der Waals surface area contributed by atoms with Crippen LogP contribution in [0.1, 0.15) is 31.3 Å². The van der Waals surface area contributed by atoms with Gasteiger partial charge >= 0.3 is 0 Å². The van der Waals surface area contributed by atoms with Crippen molar-refractivity contribution in [3.63, 3.8) is 0 Å². The molecule has 0 unspecified atom stereocenters. The summed E-state index contributed by atoms with van der Waals surface area (Å²) in [7, 11) is 0. The zero-order chi connectivity index (χ0) is 21.1. The molecule has 0 fully saturated rings. The van der Waals surface area contributed by atoms with E-state index in [-0.39, 0.29) is 30.9 Å². The summed E-state index contributed by atoms with van der Waals surface area (Å²) >= 11 is 1.20. The van der Waals surface area contributed by atoms with E-state index in [1.807, 2.05) is 19.1 Å². The van der Waals surface area contributed by atoms with Crippen molar-refractivity contribution in [3.8, 4) is 5.75 Å². The van der Waals surface area contributed by atoms with Gasteiger partial charge in [0.15, 0.2) is 6.61 Å². The summed E-state index contributed by atoms with van der Waals surface area (Å²) in [5, 5.41) is 11.5. The van der Waals surface area contributed by atoms with Crippen molar-refractivity contribution < 1.29 is 19.1 Å². The van der Waals surface area contributed by atoms with Gasteiger partial charge in [-0.05, 0) is 31.2 Å². The summed E-state index contributed by atoms with van der Waals surface area (Å²) in [5.74, 6) is -0.350. The number of anilines is 1. The molecule has 4 rings (SSSR count). The van der Waals surface area contributed by atoms with Gasteiger partial charge in [0, 0.05) is 13.0 Å². The standard InChI is InChI=1S/C21H18N4O4S/c1-13-6-8-14(9-7-13)29-12-17(26)22-21-24-23-18(30-21)10-11-25-19(27)15-4-2-3-5-16(15)20(25)28/h2-9H,10-12H2,1H3,(H,22,24,26). The third kappa shape index (κ3) is 4.20. The summed E-state index contributed by atoms with van der Waals surface area (Å²) in [6, 6.07) is 14.2. The first-order chi connectivity index (χ1) is 14.5. The van der Waals surface area contributed by atoms with Gasteiger partial charge in [0.1, 0.15) is 10.8 Å². The van der Waals surface area contributed by atoms with Crippen LogP contribution >= 0.6 is 11.3 Å². The summed E-state index contributed by atoms with van der Waals surface area (Å²) < 4.78 is 5.43. The Morgan fingerprint density at radius 1 is 1.03 bits per heavy atom. The Morgan fingerprint density at radius 2 is 1.70 bits per heavy atom. The maximum atomic E-state index is 12.4. The number of nitrogens with zero attached hydrogens (tertiary/aromatic N) is 3. The number of rotatable bonds is 7. The van der Waals surface area contributed by atoms with Crippen LogP contribution in [-0.4, -0.2) is 46.0 Å². The number of aryl methyl sites for hydroxylation is 1. The van der Waals surface area contributed by atoms with E-state index >= 15 is 0 Å². The van der Waals surface area contributed by atoms with Gasteiger partial charge in [0.05, 0.1) is 11.1 Å². The van der Waals surface area contributed by atoms with Gasteiger partial charge in [-0.15, -0.1) is 10.2 Å². The summed E-state index contributed by atoms with van der Waals surface area (Å²) in [6.07, 6.45) is 0.360. The van der Waals surface area contributed by atoms with Gasteiger partial charge < -0.3 is 4.74 Å². The summed E-state index contributed by atoms with van der Waals surface area (Å²) in [6.45, 7) is 2.02. The van der Waals surface area contributed by atoms with E-state index in [4.69, 9.17) is 4.74 Å². The number of imide groups is 1. The highest BCUT2D eigenvalue weighted by atomic mass is 32.1. The highest BCUT2D eigenvalue weighted by Gasteiger charge is 2.34. The molecule has 0 saturated carbocycles. The monoisotopic (exact) mass is 422 g/mol. The molecule has 9 heteroatoms. The van der Waals surface area contributed by atoms with Crippen LogP contribution < -0.4 is 10.1 Å². The number of benzene rings is 2. The van der Waals surface area contributed by atoms with Crippen LogP contribution in [0.3, 0.4) is 0 Å².